The number of hydrogen-bond acceptors (Lipinski definition) is 3. The molecule has 1 heterocycles. The molecule has 0 aliphatic rings. The second-order valence-corrected chi connectivity index (χ2v) is 4.52. The van der Waals surface area contributed by atoms with Crippen LogP contribution in [0.25, 0.3) is 6.08 Å². The van der Waals surface area contributed by atoms with Gasteiger partial charge in [-0.25, -0.2) is 0 Å². The topological polar surface area (TPSA) is 72.9 Å². The zero-order valence-corrected chi connectivity index (χ0v) is 12.2. The van der Waals surface area contributed by atoms with Crippen molar-refractivity contribution in [3.63, 3.8) is 0 Å². The predicted molar refractivity (Wildman–Crippen MR) is 84.8 cm³/mol. The van der Waals surface area contributed by atoms with Gasteiger partial charge < -0.3 is 11.1 Å². The lowest BCUT2D eigenvalue weighted by molar-refractivity contribution is -0.111. The minimum absolute atomic E-state index is 0.222. The van der Waals surface area contributed by atoms with E-state index in [0.29, 0.717) is 11.4 Å². The number of benzene rings is 1. The van der Waals surface area contributed by atoms with E-state index < -0.39 is 0 Å². The molecule has 0 saturated carbocycles. The van der Waals surface area contributed by atoms with Crippen LogP contribution in [0.4, 0.5) is 11.4 Å². The van der Waals surface area contributed by atoms with Gasteiger partial charge in [-0.15, -0.1) is 0 Å². The molecule has 5 nitrogen and oxygen atoms in total. The van der Waals surface area contributed by atoms with E-state index in [1.54, 1.807) is 29.1 Å². The lowest BCUT2D eigenvalue weighted by Crippen LogP contribution is -2.09. The van der Waals surface area contributed by atoms with Crippen molar-refractivity contribution in [1.29, 1.82) is 0 Å². The molecule has 98 valence electrons. The number of aromatic nitrogens is 2. The van der Waals surface area contributed by atoms with Crippen LogP contribution in [-0.4, -0.2) is 15.7 Å². The van der Waals surface area contributed by atoms with Gasteiger partial charge in [0.05, 0.1) is 22.1 Å². The van der Waals surface area contributed by atoms with E-state index in [9.17, 15) is 4.79 Å². The first-order valence-electron chi connectivity index (χ1n) is 5.61. The molecule has 2 rings (SSSR count). The standard InChI is InChI=1S/C13H13IN4O/c14-9-18-8-10(7-16-18)5-6-13(19)17-12-4-2-1-3-11(12)15/h1-8H,9,15H2,(H,17,19)/b6-5+. The minimum Gasteiger partial charge on any atom is -0.397 e. The molecule has 1 amide bonds. The lowest BCUT2D eigenvalue weighted by Gasteiger charge is -2.04. The molecule has 2 aromatic rings. The maximum atomic E-state index is 11.7. The van der Waals surface area contributed by atoms with Crippen molar-refractivity contribution in [3.8, 4) is 0 Å². The largest absolute Gasteiger partial charge is 0.397 e. The van der Waals surface area contributed by atoms with Gasteiger partial charge in [-0.1, -0.05) is 34.7 Å². The van der Waals surface area contributed by atoms with Gasteiger partial charge in [-0.2, -0.15) is 5.10 Å². The monoisotopic (exact) mass is 368 g/mol. The Morgan fingerprint density at radius 3 is 2.95 bits per heavy atom. The Balaban J connectivity index is 1.99. The van der Waals surface area contributed by atoms with E-state index in [1.807, 2.05) is 18.3 Å². The van der Waals surface area contributed by atoms with Gasteiger partial charge in [0.15, 0.2) is 0 Å². The van der Waals surface area contributed by atoms with E-state index in [-0.39, 0.29) is 5.91 Å². The van der Waals surface area contributed by atoms with E-state index >= 15 is 0 Å². The Hall–Kier alpha value is -1.83. The number of nitrogens with two attached hydrogens (primary N) is 1. The number of carbonyl (C=O) groups is 1. The summed E-state index contributed by atoms with van der Waals surface area (Å²) in [5, 5.41) is 6.84. The van der Waals surface area contributed by atoms with Gasteiger partial charge in [0.2, 0.25) is 5.91 Å². The molecule has 1 aromatic carbocycles. The summed E-state index contributed by atoms with van der Waals surface area (Å²) in [5.41, 5.74) is 7.78. The average Bonchev–Trinajstić information content (AvgIpc) is 2.87. The Bertz CT molecular complexity index is 606. The van der Waals surface area contributed by atoms with Crippen LogP contribution in [0.5, 0.6) is 0 Å². The number of halogens is 1. The van der Waals surface area contributed by atoms with Crippen molar-refractivity contribution >= 4 is 45.9 Å². The van der Waals surface area contributed by atoms with Crippen LogP contribution in [0.2, 0.25) is 0 Å². The number of anilines is 2. The highest BCUT2D eigenvalue weighted by Crippen LogP contribution is 2.16. The Labute approximate surface area is 124 Å². The second-order valence-electron chi connectivity index (χ2n) is 3.84. The second kappa shape index (κ2) is 6.37. The molecule has 3 N–H and O–H groups in total. The van der Waals surface area contributed by atoms with Crippen LogP contribution in [-0.2, 0) is 9.35 Å². The first kappa shape index (κ1) is 13.6. The fourth-order valence-corrected chi connectivity index (χ4v) is 1.86. The summed E-state index contributed by atoms with van der Waals surface area (Å²) in [6, 6.07) is 7.14. The zero-order chi connectivity index (χ0) is 13.7. The maximum Gasteiger partial charge on any atom is 0.248 e. The molecule has 6 heteroatoms. The van der Waals surface area contributed by atoms with E-state index in [2.05, 4.69) is 33.0 Å². The van der Waals surface area contributed by atoms with Crippen molar-refractivity contribution in [1.82, 2.24) is 9.78 Å². The zero-order valence-electron chi connectivity index (χ0n) is 10.1. The number of hydrogen-bond donors (Lipinski definition) is 2. The minimum atomic E-state index is -0.222. The van der Waals surface area contributed by atoms with Gasteiger partial charge >= 0.3 is 0 Å². The highest BCUT2D eigenvalue weighted by molar-refractivity contribution is 14.1. The fraction of sp³-hybridized carbons (Fsp3) is 0.0769. The third-order valence-electron chi connectivity index (χ3n) is 2.42. The van der Waals surface area contributed by atoms with Gasteiger partial charge in [0.25, 0.3) is 0 Å². The number of alkyl halides is 1. The molecule has 0 radical (unpaired) electrons. The SMILES string of the molecule is Nc1ccccc1NC(=O)/C=C/c1cnn(CI)c1. The molecular formula is C13H13IN4O. The number of para-hydroxylation sites is 2. The average molecular weight is 368 g/mol. The highest BCUT2D eigenvalue weighted by Gasteiger charge is 2.01. The van der Waals surface area contributed by atoms with Crippen LogP contribution >= 0.6 is 22.6 Å². The van der Waals surface area contributed by atoms with Gasteiger partial charge in [-0.05, 0) is 18.2 Å². The molecule has 0 fully saturated rings. The van der Waals surface area contributed by atoms with Gasteiger partial charge in [0, 0.05) is 17.8 Å². The third kappa shape index (κ3) is 3.82. The summed E-state index contributed by atoms with van der Waals surface area (Å²) < 4.78 is 2.56. The summed E-state index contributed by atoms with van der Waals surface area (Å²) in [6.45, 7) is 0. The van der Waals surface area contributed by atoms with Gasteiger partial charge in [-0.3, -0.25) is 9.48 Å². The summed E-state index contributed by atoms with van der Waals surface area (Å²) in [7, 11) is 0. The summed E-state index contributed by atoms with van der Waals surface area (Å²) in [6.07, 6.45) is 6.75. The van der Waals surface area contributed by atoms with Crippen LogP contribution in [0.3, 0.4) is 0 Å². The molecule has 0 aliphatic heterocycles. The molecule has 0 spiro atoms. The van der Waals surface area contributed by atoms with E-state index in [1.165, 1.54) is 6.08 Å². The smallest absolute Gasteiger partial charge is 0.248 e. The summed E-state index contributed by atoms with van der Waals surface area (Å²) in [5.74, 6) is -0.222. The Morgan fingerprint density at radius 1 is 1.47 bits per heavy atom. The number of amides is 1. The fourth-order valence-electron chi connectivity index (χ4n) is 1.49. The van der Waals surface area contributed by atoms with Crippen molar-refractivity contribution in [2.75, 3.05) is 11.1 Å². The number of carbonyl (C=O) groups excluding carboxylic acids is 1. The van der Waals surface area contributed by atoms with Crippen LogP contribution in [0.15, 0.2) is 42.7 Å². The number of rotatable bonds is 4. The van der Waals surface area contributed by atoms with E-state index in [4.69, 9.17) is 5.73 Å². The number of nitrogens with one attached hydrogen (secondary N) is 1. The van der Waals surface area contributed by atoms with Crippen molar-refractivity contribution in [2.45, 2.75) is 4.55 Å². The lowest BCUT2D eigenvalue weighted by atomic mass is 10.2. The molecule has 0 bridgehead atoms. The quantitative estimate of drug-likeness (QED) is 0.377. The molecule has 0 saturated heterocycles. The highest BCUT2D eigenvalue weighted by atomic mass is 127. The molecule has 0 aliphatic carbocycles. The molecule has 0 unspecified atom stereocenters. The van der Waals surface area contributed by atoms with Crippen LogP contribution in [0.1, 0.15) is 5.56 Å². The third-order valence-corrected chi connectivity index (χ3v) is 3.12. The molecule has 1 aromatic heterocycles. The Kier molecular flexibility index (Phi) is 4.56. The Morgan fingerprint density at radius 2 is 2.26 bits per heavy atom. The maximum absolute atomic E-state index is 11.7. The van der Waals surface area contributed by atoms with Crippen LogP contribution < -0.4 is 11.1 Å². The van der Waals surface area contributed by atoms with E-state index in [0.717, 1.165) is 10.1 Å². The van der Waals surface area contributed by atoms with Crippen LogP contribution in [0, 0.1) is 0 Å². The van der Waals surface area contributed by atoms with Gasteiger partial charge in [0.1, 0.15) is 0 Å². The molecule has 19 heavy (non-hydrogen) atoms. The first-order chi connectivity index (χ1) is 9.19. The van der Waals surface area contributed by atoms with Crippen molar-refractivity contribution in [2.24, 2.45) is 0 Å². The number of nitrogens with zero attached hydrogens (tertiary/aromatic N) is 2. The molecule has 0 atom stereocenters. The number of nitrogen functional groups attached to an aromatic ring is 1. The predicted octanol–water partition coefficient (Wildman–Crippen LogP) is 2.51. The summed E-state index contributed by atoms with van der Waals surface area (Å²) in [4.78, 5) is 11.7. The van der Waals surface area contributed by atoms with Crippen molar-refractivity contribution < 1.29 is 4.79 Å². The molecular weight excluding hydrogens is 355 g/mol. The summed E-state index contributed by atoms with van der Waals surface area (Å²) >= 11 is 2.21. The van der Waals surface area contributed by atoms with Crippen molar-refractivity contribution in [3.05, 3.63) is 48.3 Å². The first-order valence-corrected chi connectivity index (χ1v) is 7.13. The normalized spacial score (nSPS) is 10.8.